The standard InChI is InChI=1S/C19H20F3NO2/c1-3-25-17-11-15-13(10-16(17)24-2)8-9-23-18(15)12-4-6-14(7-5-12)19(20,21)22/h4-7,10-11,18,23H,3,8-9H2,1-2H3. The second kappa shape index (κ2) is 6.96. The number of hydrogen-bond acceptors (Lipinski definition) is 3. The van der Waals surface area contributed by atoms with Crippen molar-refractivity contribution in [2.75, 3.05) is 20.3 Å². The van der Waals surface area contributed by atoms with Gasteiger partial charge in [-0.3, -0.25) is 0 Å². The van der Waals surface area contributed by atoms with Crippen LogP contribution >= 0.6 is 0 Å². The minimum Gasteiger partial charge on any atom is -0.493 e. The van der Waals surface area contributed by atoms with E-state index in [0.717, 1.165) is 41.8 Å². The Kier molecular flexibility index (Phi) is 4.90. The quantitative estimate of drug-likeness (QED) is 0.888. The summed E-state index contributed by atoms with van der Waals surface area (Å²) in [5, 5.41) is 3.38. The number of fused-ring (bicyclic) bond motifs is 1. The van der Waals surface area contributed by atoms with Crippen molar-refractivity contribution in [1.29, 1.82) is 0 Å². The molecule has 134 valence electrons. The fourth-order valence-electron chi connectivity index (χ4n) is 3.15. The van der Waals surface area contributed by atoms with Crippen molar-refractivity contribution >= 4 is 0 Å². The molecule has 3 rings (SSSR count). The van der Waals surface area contributed by atoms with E-state index in [-0.39, 0.29) is 6.04 Å². The van der Waals surface area contributed by atoms with Gasteiger partial charge >= 0.3 is 6.18 Å². The summed E-state index contributed by atoms with van der Waals surface area (Å²) in [6.07, 6.45) is -3.50. The van der Waals surface area contributed by atoms with Crippen LogP contribution in [0.2, 0.25) is 0 Å². The van der Waals surface area contributed by atoms with E-state index < -0.39 is 11.7 Å². The predicted molar refractivity (Wildman–Crippen MR) is 89.2 cm³/mol. The van der Waals surface area contributed by atoms with Crippen LogP contribution in [0, 0.1) is 0 Å². The van der Waals surface area contributed by atoms with Gasteiger partial charge in [0.2, 0.25) is 0 Å². The van der Waals surface area contributed by atoms with E-state index in [9.17, 15) is 13.2 Å². The highest BCUT2D eigenvalue weighted by molar-refractivity contribution is 5.51. The van der Waals surface area contributed by atoms with Crippen LogP contribution in [0.1, 0.15) is 35.2 Å². The molecule has 0 aliphatic carbocycles. The Balaban J connectivity index is 1.99. The molecule has 1 aliphatic heterocycles. The third-order valence-electron chi connectivity index (χ3n) is 4.35. The van der Waals surface area contributed by atoms with Crippen LogP contribution in [0.3, 0.4) is 0 Å². The number of ether oxygens (including phenoxy) is 2. The first-order chi connectivity index (χ1) is 11.9. The Morgan fingerprint density at radius 3 is 2.44 bits per heavy atom. The minimum absolute atomic E-state index is 0.170. The number of benzene rings is 2. The van der Waals surface area contributed by atoms with E-state index >= 15 is 0 Å². The molecule has 3 nitrogen and oxygen atoms in total. The molecule has 6 heteroatoms. The van der Waals surface area contributed by atoms with E-state index in [1.54, 1.807) is 7.11 Å². The lowest BCUT2D eigenvalue weighted by atomic mass is 9.89. The lowest BCUT2D eigenvalue weighted by molar-refractivity contribution is -0.137. The minimum atomic E-state index is -4.33. The van der Waals surface area contributed by atoms with Gasteiger partial charge in [-0.1, -0.05) is 12.1 Å². The fourth-order valence-corrected chi connectivity index (χ4v) is 3.15. The maximum absolute atomic E-state index is 12.8. The molecule has 2 aromatic rings. The number of alkyl halides is 3. The first-order valence-electron chi connectivity index (χ1n) is 8.18. The van der Waals surface area contributed by atoms with E-state index in [2.05, 4.69) is 5.32 Å². The topological polar surface area (TPSA) is 30.5 Å². The molecule has 0 saturated heterocycles. The highest BCUT2D eigenvalue weighted by atomic mass is 19.4. The summed E-state index contributed by atoms with van der Waals surface area (Å²) in [6.45, 7) is 3.15. The zero-order chi connectivity index (χ0) is 18.0. The molecule has 1 heterocycles. The summed E-state index contributed by atoms with van der Waals surface area (Å²) < 4.78 is 49.4. The third kappa shape index (κ3) is 3.58. The maximum Gasteiger partial charge on any atom is 0.416 e. The van der Waals surface area contributed by atoms with E-state index in [1.165, 1.54) is 12.1 Å². The molecule has 0 radical (unpaired) electrons. The number of nitrogens with one attached hydrogen (secondary N) is 1. The number of rotatable bonds is 4. The Morgan fingerprint density at radius 2 is 1.84 bits per heavy atom. The largest absolute Gasteiger partial charge is 0.493 e. The Hall–Kier alpha value is -2.21. The maximum atomic E-state index is 12.8. The molecule has 0 bridgehead atoms. The zero-order valence-electron chi connectivity index (χ0n) is 14.1. The molecule has 0 amide bonds. The van der Waals surface area contributed by atoms with Gasteiger partial charge in [0.15, 0.2) is 11.5 Å². The van der Waals surface area contributed by atoms with Crippen molar-refractivity contribution in [1.82, 2.24) is 5.32 Å². The monoisotopic (exact) mass is 351 g/mol. The zero-order valence-corrected chi connectivity index (χ0v) is 14.1. The molecular weight excluding hydrogens is 331 g/mol. The Bertz CT molecular complexity index is 742. The van der Waals surface area contributed by atoms with Gasteiger partial charge in [-0.15, -0.1) is 0 Å². The summed E-state index contributed by atoms with van der Waals surface area (Å²) in [4.78, 5) is 0. The third-order valence-corrected chi connectivity index (χ3v) is 4.35. The molecule has 0 saturated carbocycles. The molecule has 25 heavy (non-hydrogen) atoms. The lowest BCUT2D eigenvalue weighted by Gasteiger charge is -2.29. The van der Waals surface area contributed by atoms with Gasteiger partial charge in [-0.25, -0.2) is 0 Å². The van der Waals surface area contributed by atoms with Crippen molar-refractivity contribution in [3.05, 3.63) is 58.7 Å². The smallest absolute Gasteiger partial charge is 0.416 e. The van der Waals surface area contributed by atoms with Crippen LogP contribution in [0.5, 0.6) is 11.5 Å². The van der Waals surface area contributed by atoms with Crippen molar-refractivity contribution in [3.63, 3.8) is 0 Å². The average Bonchev–Trinajstić information content (AvgIpc) is 2.60. The molecule has 1 unspecified atom stereocenters. The molecule has 0 spiro atoms. The van der Waals surface area contributed by atoms with E-state index in [1.807, 2.05) is 19.1 Å². The molecule has 2 aromatic carbocycles. The van der Waals surface area contributed by atoms with Crippen LogP contribution in [0.4, 0.5) is 13.2 Å². The van der Waals surface area contributed by atoms with Gasteiger partial charge in [-0.2, -0.15) is 13.2 Å². The van der Waals surface area contributed by atoms with E-state index in [0.29, 0.717) is 18.1 Å². The summed E-state index contributed by atoms with van der Waals surface area (Å²) in [7, 11) is 1.60. The summed E-state index contributed by atoms with van der Waals surface area (Å²) in [5.74, 6) is 1.32. The van der Waals surface area contributed by atoms with E-state index in [4.69, 9.17) is 9.47 Å². The van der Waals surface area contributed by atoms with Crippen LogP contribution in [-0.4, -0.2) is 20.3 Å². The second-order valence-corrected chi connectivity index (χ2v) is 5.89. The molecular formula is C19H20F3NO2. The summed E-state index contributed by atoms with van der Waals surface area (Å²) in [5.41, 5.74) is 2.28. The Morgan fingerprint density at radius 1 is 1.12 bits per heavy atom. The van der Waals surface area contributed by atoms with Crippen LogP contribution in [0.15, 0.2) is 36.4 Å². The van der Waals surface area contributed by atoms with Crippen molar-refractivity contribution in [3.8, 4) is 11.5 Å². The summed E-state index contributed by atoms with van der Waals surface area (Å²) in [6, 6.07) is 9.01. The molecule has 1 N–H and O–H groups in total. The van der Waals surface area contributed by atoms with Crippen LogP contribution < -0.4 is 14.8 Å². The highest BCUT2D eigenvalue weighted by Gasteiger charge is 2.31. The molecule has 0 fully saturated rings. The first-order valence-corrected chi connectivity index (χ1v) is 8.18. The SMILES string of the molecule is CCOc1cc2c(cc1OC)CCNC2c1ccc(C(F)(F)F)cc1. The van der Waals surface area contributed by atoms with Crippen LogP contribution in [0.25, 0.3) is 0 Å². The van der Waals surface area contributed by atoms with Gasteiger partial charge < -0.3 is 14.8 Å². The van der Waals surface area contributed by atoms with Gasteiger partial charge in [0.25, 0.3) is 0 Å². The summed E-state index contributed by atoms with van der Waals surface area (Å²) >= 11 is 0. The van der Waals surface area contributed by atoms with Crippen molar-refractivity contribution < 1.29 is 22.6 Å². The first kappa shape index (κ1) is 17.6. The lowest BCUT2D eigenvalue weighted by Crippen LogP contribution is -2.30. The Labute approximate surface area is 144 Å². The normalized spacial score (nSPS) is 17.1. The van der Waals surface area contributed by atoms with Crippen molar-refractivity contribution in [2.45, 2.75) is 25.6 Å². The molecule has 1 aliphatic rings. The number of halogens is 3. The fraction of sp³-hybridized carbons (Fsp3) is 0.368. The molecule has 1 atom stereocenters. The predicted octanol–water partition coefficient (Wildman–Crippen LogP) is 4.35. The number of hydrogen-bond donors (Lipinski definition) is 1. The van der Waals surface area contributed by atoms with Gasteiger partial charge in [0.05, 0.1) is 25.3 Å². The highest BCUT2D eigenvalue weighted by Crippen LogP contribution is 2.38. The van der Waals surface area contributed by atoms with Gasteiger partial charge in [-0.05, 0) is 54.3 Å². The van der Waals surface area contributed by atoms with Gasteiger partial charge in [0, 0.05) is 6.54 Å². The van der Waals surface area contributed by atoms with Crippen molar-refractivity contribution in [2.24, 2.45) is 0 Å². The van der Waals surface area contributed by atoms with Gasteiger partial charge in [0.1, 0.15) is 0 Å². The second-order valence-electron chi connectivity index (χ2n) is 5.89. The number of methoxy groups -OCH3 is 1. The average molecular weight is 351 g/mol. The van der Waals surface area contributed by atoms with Crippen LogP contribution in [-0.2, 0) is 12.6 Å². The molecule has 0 aromatic heterocycles.